The summed E-state index contributed by atoms with van der Waals surface area (Å²) in [5.41, 5.74) is 3.05. The second kappa shape index (κ2) is 11.0. The van der Waals surface area contributed by atoms with Gasteiger partial charge in [-0.15, -0.1) is 0 Å². The van der Waals surface area contributed by atoms with Crippen LogP contribution in [0.5, 0.6) is 0 Å². The molecule has 1 saturated heterocycles. The molecule has 0 bridgehead atoms. The van der Waals surface area contributed by atoms with E-state index in [-0.39, 0.29) is 11.4 Å². The molecular weight excluding hydrogens is 502 g/mol. The first-order chi connectivity index (χ1) is 15.7. The third-order valence-electron chi connectivity index (χ3n) is 5.62. The second-order valence-electron chi connectivity index (χ2n) is 7.92. The molecule has 1 amide bonds. The van der Waals surface area contributed by atoms with E-state index in [2.05, 4.69) is 55.0 Å². The van der Waals surface area contributed by atoms with E-state index in [1.165, 1.54) is 10.1 Å². The molecule has 0 unspecified atom stereocenters. The number of piperazine rings is 1. The van der Waals surface area contributed by atoms with E-state index in [4.69, 9.17) is 24.6 Å². The lowest BCUT2D eigenvalue weighted by atomic mass is 10.1. The lowest BCUT2D eigenvalue weighted by molar-refractivity contribution is -0.115. The van der Waals surface area contributed by atoms with Gasteiger partial charge in [0.25, 0.3) is 0 Å². The number of rotatable bonds is 4. The molecule has 2 aliphatic rings. The molecule has 0 atom stereocenters. The van der Waals surface area contributed by atoms with Crippen molar-refractivity contribution in [3.63, 3.8) is 0 Å². The van der Waals surface area contributed by atoms with E-state index < -0.39 is 10.3 Å². The van der Waals surface area contributed by atoms with E-state index >= 15 is 0 Å². The zero-order valence-corrected chi connectivity index (χ0v) is 20.6. The van der Waals surface area contributed by atoms with Gasteiger partial charge in [-0.05, 0) is 47.3 Å². The molecule has 0 radical (unpaired) electrons. The van der Waals surface area contributed by atoms with Gasteiger partial charge in [0, 0.05) is 48.8 Å². The standard InChI is InChI=1S/C21H21ClN4OS.H3NO3S.H2O/c22-17-13-18-15(12-20(27)23-18)11-14(17)5-6-25-7-9-26(10-8-25)21-16-3-1-2-4-19(16)28-24-21;1-5(2,3)4;/h1-4,11,13H,5-10,12H2,(H,23,27);(H3,1,2,3,4);1H2. The third kappa shape index (κ3) is 6.63. The summed E-state index contributed by atoms with van der Waals surface area (Å²) in [4.78, 5) is 16.4. The highest BCUT2D eigenvalue weighted by atomic mass is 35.5. The van der Waals surface area contributed by atoms with E-state index in [0.717, 1.165) is 66.8 Å². The number of nitrogens with zero attached hydrogens (tertiary/aromatic N) is 3. The Bertz CT molecular complexity index is 1270. The van der Waals surface area contributed by atoms with Crippen LogP contribution in [0.4, 0.5) is 11.5 Å². The summed E-state index contributed by atoms with van der Waals surface area (Å²) in [6, 6.07) is 12.4. The first-order valence-electron chi connectivity index (χ1n) is 10.4. The van der Waals surface area contributed by atoms with Gasteiger partial charge in [-0.1, -0.05) is 29.8 Å². The number of hydrogen-bond donors (Lipinski definition) is 3. The highest BCUT2D eigenvalue weighted by Gasteiger charge is 2.22. The molecule has 3 heterocycles. The summed E-state index contributed by atoms with van der Waals surface area (Å²) < 4.78 is 31.1. The Morgan fingerprint density at radius 1 is 1.18 bits per heavy atom. The zero-order valence-electron chi connectivity index (χ0n) is 18.2. The van der Waals surface area contributed by atoms with E-state index in [0.29, 0.717) is 6.42 Å². The van der Waals surface area contributed by atoms with Crippen LogP contribution in [0.15, 0.2) is 36.4 Å². The van der Waals surface area contributed by atoms with Crippen molar-refractivity contribution < 1.29 is 23.2 Å². The Hall–Kier alpha value is -2.32. The second-order valence-corrected chi connectivity index (χ2v) is 10.2. The topological polar surface area (TPSA) is 160 Å². The number of anilines is 2. The number of amides is 1. The molecule has 5 rings (SSSR count). The summed E-state index contributed by atoms with van der Waals surface area (Å²) in [6.07, 6.45) is 1.36. The molecule has 1 fully saturated rings. The number of nitrogens with two attached hydrogens (primary N) is 1. The molecule has 0 spiro atoms. The number of nitrogens with one attached hydrogen (secondary N) is 1. The minimum atomic E-state index is -4.17. The largest absolute Gasteiger partial charge is 0.412 e. The number of halogens is 1. The van der Waals surface area contributed by atoms with Crippen molar-refractivity contribution in [3.8, 4) is 0 Å². The molecule has 13 heteroatoms. The molecule has 0 saturated carbocycles. The monoisotopic (exact) mass is 527 g/mol. The fourth-order valence-corrected chi connectivity index (χ4v) is 5.11. The lowest BCUT2D eigenvalue weighted by Gasteiger charge is -2.35. The summed E-state index contributed by atoms with van der Waals surface area (Å²) in [7, 11) is -4.17. The van der Waals surface area contributed by atoms with Gasteiger partial charge in [-0.3, -0.25) is 14.2 Å². The number of aromatic nitrogens is 1. The molecule has 10 nitrogen and oxygen atoms in total. The van der Waals surface area contributed by atoms with E-state index in [9.17, 15) is 4.79 Å². The van der Waals surface area contributed by atoms with Gasteiger partial charge >= 0.3 is 10.3 Å². The molecule has 2 aromatic carbocycles. The van der Waals surface area contributed by atoms with Crippen molar-refractivity contribution in [1.29, 1.82) is 0 Å². The number of hydrogen-bond acceptors (Lipinski definition) is 7. The van der Waals surface area contributed by atoms with Crippen LogP contribution in [0.3, 0.4) is 0 Å². The Morgan fingerprint density at radius 2 is 1.85 bits per heavy atom. The first kappa shape index (κ1) is 26.3. The van der Waals surface area contributed by atoms with Crippen LogP contribution in [0.25, 0.3) is 10.1 Å². The van der Waals surface area contributed by atoms with Gasteiger partial charge in [0.15, 0.2) is 0 Å². The number of benzene rings is 2. The smallest absolute Gasteiger partial charge is 0.330 e. The molecule has 34 heavy (non-hydrogen) atoms. The van der Waals surface area contributed by atoms with Crippen LogP contribution < -0.4 is 15.4 Å². The summed E-state index contributed by atoms with van der Waals surface area (Å²) in [5.74, 6) is 1.17. The predicted molar refractivity (Wildman–Crippen MR) is 135 cm³/mol. The van der Waals surface area contributed by atoms with Crippen LogP contribution in [0, 0.1) is 0 Å². The fourth-order valence-electron chi connectivity index (χ4n) is 4.05. The first-order valence-corrected chi connectivity index (χ1v) is 13.0. The van der Waals surface area contributed by atoms with Crippen LogP contribution in [0.1, 0.15) is 11.1 Å². The summed E-state index contributed by atoms with van der Waals surface area (Å²) >= 11 is 8.01. The fraction of sp³-hybridized carbons (Fsp3) is 0.333. The van der Waals surface area contributed by atoms with Gasteiger partial charge in [-0.2, -0.15) is 12.8 Å². The Balaban J connectivity index is 0.000000492. The van der Waals surface area contributed by atoms with Crippen LogP contribution in [0.2, 0.25) is 5.02 Å². The van der Waals surface area contributed by atoms with Crippen molar-refractivity contribution in [2.75, 3.05) is 42.9 Å². The minimum Gasteiger partial charge on any atom is -0.412 e. The highest BCUT2D eigenvalue weighted by Crippen LogP contribution is 2.31. The number of carbonyl (C=O) groups excluding carboxylic acids is 1. The van der Waals surface area contributed by atoms with Crippen LogP contribution in [-0.4, -0.2) is 66.4 Å². The zero-order chi connectivity index (χ0) is 23.6. The molecule has 0 aliphatic carbocycles. The van der Waals surface area contributed by atoms with Crippen molar-refractivity contribution in [1.82, 2.24) is 9.27 Å². The van der Waals surface area contributed by atoms with Crippen LogP contribution in [-0.2, 0) is 27.9 Å². The van der Waals surface area contributed by atoms with Gasteiger partial charge in [0.2, 0.25) is 5.91 Å². The summed E-state index contributed by atoms with van der Waals surface area (Å²) in [6.45, 7) is 5.00. The average molecular weight is 528 g/mol. The highest BCUT2D eigenvalue weighted by molar-refractivity contribution is 7.83. The van der Waals surface area contributed by atoms with Crippen molar-refractivity contribution >= 4 is 60.9 Å². The maximum absolute atomic E-state index is 11.6. The Labute approximate surface area is 206 Å². The van der Waals surface area contributed by atoms with E-state index in [1.807, 2.05) is 6.07 Å². The van der Waals surface area contributed by atoms with Gasteiger partial charge in [0.1, 0.15) is 5.82 Å². The Morgan fingerprint density at radius 3 is 2.56 bits per heavy atom. The van der Waals surface area contributed by atoms with Gasteiger partial charge < -0.3 is 15.7 Å². The molecule has 3 aromatic rings. The molecule has 6 N–H and O–H groups in total. The molecule has 1 aromatic heterocycles. The molecule has 184 valence electrons. The molecule has 2 aliphatic heterocycles. The maximum Gasteiger partial charge on any atom is 0.330 e. The van der Waals surface area contributed by atoms with Gasteiger partial charge in [0.05, 0.1) is 11.1 Å². The van der Waals surface area contributed by atoms with Crippen LogP contribution >= 0.6 is 23.1 Å². The SMILES string of the molecule is NS(=O)(=O)O.O.O=C1Cc2cc(CCN3CCN(c4nsc5ccccc45)CC3)c(Cl)cc2N1. The van der Waals surface area contributed by atoms with Gasteiger partial charge in [-0.25, -0.2) is 5.14 Å². The van der Waals surface area contributed by atoms with Crippen molar-refractivity contribution in [2.24, 2.45) is 5.14 Å². The minimum absolute atomic E-state index is 0. The Kier molecular flexibility index (Phi) is 8.47. The maximum atomic E-state index is 11.6. The van der Waals surface area contributed by atoms with Crippen molar-refractivity contribution in [2.45, 2.75) is 12.8 Å². The summed E-state index contributed by atoms with van der Waals surface area (Å²) in [5, 5.41) is 8.74. The lowest BCUT2D eigenvalue weighted by Crippen LogP contribution is -2.47. The average Bonchev–Trinajstić information content (AvgIpc) is 3.33. The van der Waals surface area contributed by atoms with E-state index in [1.54, 1.807) is 11.5 Å². The third-order valence-corrected chi connectivity index (χ3v) is 6.79. The number of carbonyl (C=O) groups is 1. The molecular formula is C21H26ClN5O5S2. The predicted octanol–water partition coefficient (Wildman–Crippen LogP) is 1.73. The normalized spacial score (nSPS) is 15.9. The quantitative estimate of drug-likeness (QED) is 0.435. The number of fused-ring (bicyclic) bond motifs is 2. The van der Waals surface area contributed by atoms with Crippen molar-refractivity contribution in [3.05, 3.63) is 52.5 Å².